The fourth-order valence-electron chi connectivity index (χ4n) is 1.88. The van der Waals surface area contributed by atoms with Gasteiger partial charge in [-0.2, -0.15) is 0 Å². The van der Waals surface area contributed by atoms with Crippen LogP contribution < -0.4 is 10.1 Å². The molecule has 2 N–H and O–H groups in total. The van der Waals surface area contributed by atoms with Gasteiger partial charge in [-0.15, -0.1) is 0 Å². The van der Waals surface area contributed by atoms with Gasteiger partial charge in [-0.3, -0.25) is 4.79 Å². The number of ether oxygens (including phenoxy) is 1. The molecule has 21 heavy (non-hydrogen) atoms. The minimum atomic E-state index is 0.0453. The van der Waals surface area contributed by atoms with E-state index in [0.717, 1.165) is 41.3 Å². The molecule has 0 saturated heterocycles. The number of fused-ring (bicyclic) bond motifs is 1. The molecular weight excluding hydrogens is 286 g/mol. The molecule has 2 aromatic rings. The summed E-state index contributed by atoms with van der Waals surface area (Å²) >= 11 is 1.41. The molecule has 2 rings (SSSR count). The molecule has 1 aromatic heterocycles. The van der Waals surface area contributed by atoms with E-state index in [1.54, 1.807) is 0 Å². The molecule has 0 spiro atoms. The highest BCUT2D eigenvalue weighted by Crippen LogP contribution is 2.23. The van der Waals surface area contributed by atoms with Crippen molar-refractivity contribution in [1.29, 1.82) is 0 Å². The first-order valence-electron chi connectivity index (χ1n) is 7.25. The third-order valence-corrected chi connectivity index (χ3v) is 3.81. The van der Waals surface area contributed by atoms with Crippen LogP contribution in [-0.2, 0) is 4.79 Å². The summed E-state index contributed by atoms with van der Waals surface area (Å²) in [6.07, 6.45) is 2.10. The fraction of sp³-hybridized carbons (Fsp3) is 0.467. The maximum absolute atomic E-state index is 11.7. The normalized spacial score (nSPS) is 10.8. The molecule has 0 aliphatic heterocycles. The van der Waals surface area contributed by atoms with Crippen molar-refractivity contribution in [2.45, 2.75) is 31.8 Å². The Morgan fingerprint density at radius 2 is 2.29 bits per heavy atom. The summed E-state index contributed by atoms with van der Waals surface area (Å²) in [7, 11) is 0. The third kappa shape index (κ3) is 4.67. The number of H-pyrrole nitrogens is 1. The highest BCUT2D eigenvalue weighted by atomic mass is 32.2. The summed E-state index contributed by atoms with van der Waals surface area (Å²) < 4.78 is 5.46. The van der Waals surface area contributed by atoms with E-state index < -0.39 is 0 Å². The molecule has 1 aromatic carbocycles. The lowest BCUT2D eigenvalue weighted by molar-refractivity contribution is -0.118. The van der Waals surface area contributed by atoms with Gasteiger partial charge in [0, 0.05) is 12.6 Å². The first-order chi connectivity index (χ1) is 10.2. The second-order valence-corrected chi connectivity index (χ2v) is 5.61. The largest absolute Gasteiger partial charge is 0.494 e. The Hall–Kier alpha value is -1.69. The first kappa shape index (κ1) is 15.7. The quantitative estimate of drug-likeness (QED) is 0.581. The smallest absolute Gasteiger partial charge is 0.230 e. The van der Waals surface area contributed by atoms with E-state index in [1.807, 2.05) is 25.1 Å². The molecule has 0 saturated carbocycles. The summed E-state index contributed by atoms with van der Waals surface area (Å²) in [4.78, 5) is 19.3. The van der Waals surface area contributed by atoms with Crippen molar-refractivity contribution in [2.75, 3.05) is 18.9 Å². The van der Waals surface area contributed by atoms with Gasteiger partial charge in [0.05, 0.1) is 23.4 Å². The number of carbonyl (C=O) groups excluding carboxylic acids is 1. The zero-order chi connectivity index (χ0) is 15.1. The summed E-state index contributed by atoms with van der Waals surface area (Å²) in [5.41, 5.74) is 1.81. The van der Waals surface area contributed by atoms with Crippen LogP contribution in [0.2, 0.25) is 0 Å². The fourth-order valence-corrected chi connectivity index (χ4v) is 2.59. The van der Waals surface area contributed by atoms with Gasteiger partial charge in [0.15, 0.2) is 5.16 Å². The summed E-state index contributed by atoms with van der Waals surface area (Å²) in [5, 5.41) is 3.65. The maximum atomic E-state index is 11.7. The second-order valence-electron chi connectivity index (χ2n) is 4.65. The van der Waals surface area contributed by atoms with Crippen molar-refractivity contribution in [3.05, 3.63) is 18.2 Å². The Labute approximate surface area is 128 Å². The number of carbonyl (C=O) groups is 1. The number of hydrogen-bond donors (Lipinski definition) is 2. The zero-order valence-corrected chi connectivity index (χ0v) is 13.3. The van der Waals surface area contributed by atoms with Crippen LogP contribution in [0.1, 0.15) is 26.7 Å². The van der Waals surface area contributed by atoms with Gasteiger partial charge in [-0.1, -0.05) is 25.1 Å². The van der Waals surface area contributed by atoms with Crippen LogP contribution in [0.5, 0.6) is 5.75 Å². The van der Waals surface area contributed by atoms with Gasteiger partial charge in [0.25, 0.3) is 0 Å². The lowest BCUT2D eigenvalue weighted by Gasteiger charge is -2.02. The Morgan fingerprint density at radius 1 is 1.43 bits per heavy atom. The lowest BCUT2D eigenvalue weighted by atomic mass is 10.3. The molecule has 0 bridgehead atoms. The number of rotatable bonds is 8. The van der Waals surface area contributed by atoms with Crippen LogP contribution in [0.4, 0.5) is 0 Å². The zero-order valence-electron chi connectivity index (χ0n) is 12.4. The summed E-state index contributed by atoms with van der Waals surface area (Å²) in [6.45, 7) is 5.44. The SMILES string of the molecule is CCCCNC(=O)CSc1nc2ccc(OCC)cc2[nH]1. The predicted octanol–water partition coefficient (Wildman–Crippen LogP) is 2.97. The maximum Gasteiger partial charge on any atom is 0.230 e. The van der Waals surface area contributed by atoms with Crippen LogP contribution in [0, 0.1) is 0 Å². The molecule has 0 unspecified atom stereocenters. The van der Waals surface area contributed by atoms with Gasteiger partial charge >= 0.3 is 0 Å². The van der Waals surface area contributed by atoms with E-state index >= 15 is 0 Å². The van der Waals surface area contributed by atoms with Gasteiger partial charge in [0.1, 0.15) is 5.75 Å². The van der Waals surface area contributed by atoms with Crippen molar-refractivity contribution in [2.24, 2.45) is 0 Å². The topological polar surface area (TPSA) is 67.0 Å². The molecule has 1 heterocycles. The van der Waals surface area contributed by atoms with E-state index in [0.29, 0.717) is 12.4 Å². The van der Waals surface area contributed by atoms with Crippen LogP contribution in [0.15, 0.2) is 23.4 Å². The number of thioether (sulfide) groups is 1. The number of amides is 1. The number of benzene rings is 1. The molecule has 0 atom stereocenters. The van der Waals surface area contributed by atoms with Crippen molar-refractivity contribution >= 4 is 28.7 Å². The molecule has 6 heteroatoms. The first-order valence-corrected chi connectivity index (χ1v) is 8.23. The van der Waals surface area contributed by atoms with E-state index in [4.69, 9.17) is 4.74 Å². The standard InChI is InChI=1S/C15H21N3O2S/c1-3-5-8-16-14(19)10-21-15-17-12-7-6-11(20-4-2)9-13(12)18-15/h6-7,9H,3-5,8,10H2,1-2H3,(H,16,19)(H,17,18). The lowest BCUT2D eigenvalue weighted by Crippen LogP contribution is -2.26. The van der Waals surface area contributed by atoms with Crippen molar-refractivity contribution in [3.63, 3.8) is 0 Å². The predicted molar refractivity (Wildman–Crippen MR) is 85.9 cm³/mol. The van der Waals surface area contributed by atoms with Crippen molar-refractivity contribution < 1.29 is 9.53 Å². The van der Waals surface area contributed by atoms with Crippen LogP contribution in [0.25, 0.3) is 11.0 Å². The molecule has 5 nitrogen and oxygen atoms in total. The Bertz CT molecular complexity index is 598. The average Bonchev–Trinajstić information content (AvgIpc) is 2.88. The minimum absolute atomic E-state index is 0.0453. The number of aromatic amines is 1. The summed E-state index contributed by atoms with van der Waals surface area (Å²) in [6, 6.07) is 5.75. The van der Waals surface area contributed by atoms with Crippen LogP contribution >= 0.6 is 11.8 Å². The van der Waals surface area contributed by atoms with Gasteiger partial charge < -0.3 is 15.0 Å². The van der Waals surface area contributed by atoms with Crippen LogP contribution in [-0.4, -0.2) is 34.8 Å². The summed E-state index contributed by atoms with van der Waals surface area (Å²) in [5.74, 6) is 1.24. The van der Waals surface area contributed by atoms with Crippen LogP contribution in [0.3, 0.4) is 0 Å². The Kier molecular flexibility index (Phi) is 5.92. The molecule has 114 valence electrons. The minimum Gasteiger partial charge on any atom is -0.494 e. The molecule has 0 radical (unpaired) electrons. The number of unbranched alkanes of at least 4 members (excludes halogenated alkanes) is 1. The van der Waals surface area contributed by atoms with Crippen molar-refractivity contribution in [3.8, 4) is 5.75 Å². The molecule has 0 aliphatic carbocycles. The Balaban J connectivity index is 1.91. The van der Waals surface area contributed by atoms with E-state index in [-0.39, 0.29) is 5.91 Å². The average molecular weight is 307 g/mol. The van der Waals surface area contributed by atoms with Gasteiger partial charge in [0.2, 0.25) is 5.91 Å². The van der Waals surface area contributed by atoms with Gasteiger partial charge in [-0.05, 0) is 25.5 Å². The van der Waals surface area contributed by atoms with Crippen molar-refractivity contribution in [1.82, 2.24) is 15.3 Å². The molecule has 0 aliphatic rings. The van der Waals surface area contributed by atoms with E-state index in [9.17, 15) is 4.79 Å². The number of nitrogens with one attached hydrogen (secondary N) is 2. The molecular formula is C15H21N3O2S. The number of aromatic nitrogens is 2. The highest BCUT2D eigenvalue weighted by molar-refractivity contribution is 7.99. The second kappa shape index (κ2) is 7.93. The monoisotopic (exact) mass is 307 g/mol. The number of imidazole rings is 1. The number of nitrogens with zero attached hydrogens (tertiary/aromatic N) is 1. The Morgan fingerprint density at radius 3 is 3.05 bits per heavy atom. The third-order valence-electron chi connectivity index (χ3n) is 2.94. The molecule has 1 amide bonds. The van der Waals surface area contributed by atoms with E-state index in [2.05, 4.69) is 22.2 Å². The van der Waals surface area contributed by atoms with Gasteiger partial charge in [-0.25, -0.2) is 4.98 Å². The highest BCUT2D eigenvalue weighted by Gasteiger charge is 2.07. The van der Waals surface area contributed by atoms with E-state index in [1.165, 1.54) is 11.8 Å². The molecule has 0 fully saturated rings. The number of hydrogen-bond acceptors (Lipinski definition) is 4.